The summed E-state index contributed by atoms with van der Waals surface area (Å²) in [5.74, 6) is -5.63. The number of aryl methyl sites for hydroxylation is 1. The maximum Gasteiger partial charge on any atom is 0.256 e. The number of rotatable bonds is 8. The molecule has 1 heterocycles. The Morgan fingerprint density at radius 3 is 2.34 bits per heavy atom. The number of nitrogens with zero attached hydrogens (tertiary/aromatic N) is 2. The van der Waals surface area contributed by atoms with Crippen molar-refractivity contribution in [2.75, 3.05) is 5.32 Å². The Bertz CT molecular complexity index is 1330. The molecule has 0 unspecified atom stereocenters. The summed E-state index contributed by atoms with van der Waals surface area (Å²) in [7, 11) is 0. The van der Waals surface area contributed by atoms with Crippen LogP contribution in [0.1, 0.15) is 34.0 Å². The number of nitrogens with one attached hydrogen (secondary N) is 1. The average Bonchev–Trinajstić information content (AvgIpc) is 3.31. The molecule has 180 valence electrons. The monoisotopic (exact) mass is 483 g/mol. The number of hydrogen-bond donors (Lipinski definition) is 1. The molecule has 35 heavy (non-hydrogen) atoms. The summed E-state index contributed by atoms with van der Waals surface area (Å²) in [6, 6.07) is 16.1. The smallest absolute Gasteiger partial charge is 0.256 e. The molecule has 0 aliphatic carbocycles. The van der Waals surface area contributed by atoms with Crippen molar-refractivity contribution < 1.29 is 27.1 Å². The van der Waals surface area contributed by atoms with E-state index in [0.29, 0.717) is 11.3 Å². The summed E-state index contributed by atoms with van der Waals surface area (Å²) in [4.78, 5) is 12.7. The molecule has 4 rings (SSSR count). The fourth-order valence-electron chi connectivity index (χ4n) is 3.42. The van der Waals surface area contributed by atoms with Crippen molar-refractivity contribution in [3.8, 4) is 5.75 Å². The minimum atomic E-state index is -1.50. The highest BCUT2D eigenvalue weighted by atomic mass is 19.2. The van der Waals surface area contributed by atoms with Gasteiger partial charge in [-0.15, -0.1) is 0 Å². The number of amides is 1. The van der Waals surface area contributed by atoms with Crippen LogP contribution in [0.4, 0.5) is 23.4 Å². The SMILES string of the molecule is CCc1ccc(OCc2cccc(C(=O)Nc3ccn(Cc4c(F)c(F)cc(F)c4F)n3)c2)cc1. The molecule has 0 saturated heterocycles. The first-order valence-corrected chi connectivity index (χ1v) is 10.8. The number of aromatic nitrogens is 2. The molecular weight excluding hydrogens is 462 g/mol. The standard InChI is InChI=1S/C26H21F4N3O2/c1-2-16-6-8-19(9-7-16)35-15-17-4-3-5-18(12-17)26(34)31-23-10-11-33(32-23)14-20-24(29)21(27)13-22(28)25(20)30/h3-13H,2,14-15H2,1H3,(H,31,32,34). The van der Waals surface area contributed by atoms with Crippen molar-refractivity contribution in [2.24, 2.45) is 0 Å². The van der Waals surface area contributed by atoms with Crippen molar-refractivity contribution in [1.29, 1.82) is 0 Å². The van der Waals surface area contributed by atoms with Crippen LogP contribution in [-0.4, -0.2) is 15.7 Å². The summed E-state index contributed by atoms with van der Waals surface area (Å²) in [5.41, 5.74) is 1.53. The minimum Gasteiger partial charge on any atom is -0.489 e. The molecule has 9 heteroatoms. The van der Waals surface area contributed by atoms with Crippen molar-refractivity contribution >= 4 is 11.7 Å². The molecular formula is C26H21F4N3O2. The van der Waals surface area contributed by atoms with Gasteiger partial charge in [0.1, 0.15) is 12.4 Å². The summed E-state index contributed by atoms with van der Waals surface area (Å²) in [6.07, 6.45) is 2.26. The van der Waals surface area contributed by atoms with Crippen LogP contribution in [0.25, 0.3) is 0 Å². The molecule has 0 radical (unpaired) electrons. The van der Waals surface area contributed by atoms with Gasteiger partial charge in [-0.1, -0.05) is 31.2 Å². The number of anilines is 1. The number of ether oxygens (including phenoxy) is 1. The van der Waals surface area contributed by atoms with Gasteiger partial charge in [0.15, 0.2) is 29.1 Å². The summed E-state index contributed by atoms with van der Waals surface area (Å²) >= 11 is 0. The van der Waals surface area contributed by atoms with Gasteiger partial charge < -0.3 is 10.1 Å². The van der Waals surface area contributed by atoms with E-state index in [2.05, 4.69) is 17.3 Å². The second kappa shape index (κ2) is 10.4. The van der Waals surface area contributed by atoms with Crippen LogP contribution in [0.3, 0.4) is 0 Å². The van der Waals surface area contributed by atoms with Gasteiger partial charge in [-0.05, 0) is 41.8 Å². The van der Waals surface area contributed by atoms with E-state index >= 15 is 0 Å². The van der Waals surface area contributed by atoms with Gasteiger partial charge in [0.05, 0.1) is 12.1 Å². The Kier molecular flexibility index (Phi) is 7.14. The molecule has 0 bridgehead atoms. The van der Waals surface area contributed by atoms with Gasteiger partial charge in [-0.3, -0.25) is 9.48 Å². The van der Waals surface area contributed by atoms with Crippen LogP contribution < -0.4 is 10.1 Å². The van der Waals surface area contributed by atoms with E-state index in [1.54, 1.807) is 18.2 Å². The molecule has 0 aliphatic heterocycles. The predicted molar refractivity (Wildman–Crippen MR) is 122 cm³/mol. The topological polar surface area (TPSA) is 56.1 Å². The van der Waals surface area contributed by atoms with Crippen LogP contribution in [0.15, 0.2) is 66.9 Å². The van der Waals surface area contributed by atoms with Crippen molar-refractivity contribution in [3.63, 3.8) is 0 Å². The lowest BCUT2D eigenvalue weighted by Crippen LogP contribution is -2.14. The molecule has 4 aromatic rings. The van der Waals surface area contributed by atoms with Gasteiger partial charge in [0.2, 0.25) is 0 Å². The second-order valence-corrected chi connectivity index (χ2v) is 7.79. The third-order valence-corrected chi connectivity index (χ3v) is 5.33. The highest BCUT2D eigenvalue weighted by molar-refractivity contribution is 6.03. The molecule has 3 aromatic carbocycles. The zero-order chi connectivity index (χ0) is 24.9. The Hall–Kier alpha value is -4.14. The zero-order valence-electron chi connectivity index (χ0n) is 18.7. The van der Waals surface area contributed by atoms with Crippen molar-refractivity contribution in [1.82, 2.24) is 9.78 Å². The minimum absolute atomic E-state index is 0.102. The first kappa shape index (κ1) is 24.0. The Morgan fingerprint density at radius 1 is 0.943 bits per heavy atom. The van der Waals surface area contributed by atoms with Gasteiger partial charge in [0.25, 0.3) is 5.91 Å². The second-order valence-electron chi connectivity index (χ2n) is 7.79. The molecule has 0 saturated carbocycles. The van der Waals surface area contributed by atoms with E-state index < -0.39 is 41.3 Å². The van der Waals surface area contributed by atoms with Gasteiger partial charge in [-0.2, -0.15) is 5.10 Å². The number of carbonyl (C=O) groups excluding carboxylic acids is 1. The van der Waals surface area contributed by atoms with E-state index in [1.807, 2.05) is 30.3 Å². The maximum atomic E-state index is 13.9. The maximum absolute atomic E-state index is 13.9. The molecule has 1 aromatic heterocycles. The third kappa shape index (κ3) is 5.68. The fraction of sp³-hybridized carbons (Fsp3) is 0.154. The third-order valence-electron chi connectivity index (χ3n) is 5.33. The normalized spacial score (nSPS) is 10.9. The van der Waals surface area contributed by atoms with E-state index in [0.717, 1.165) is 16.7 Å². The van der Waals surface area contributed by atoms with E-state index in [9.17, 15) is 22.4 Å². The Labute approximate surface area is 199 Å². The largest absolute Gasteiger partial charge is 0.489 e. The Morgan fingerprint density at radius 2 is 1.66 bits per heavy atom. The molecule has 0 atom stereocenters. The number of halogens is 4. The first-order valence-electron chi connectivity index (χ1n) is 10.8. The van der Waals surface area contributed by atoms with E-state index in [-0.39, 0.29) is 18.5 Å². The van der Waals surface area contributed by atoms with E-state index in [1.165, 1.54) is 17.8 Å². The Balaban J connectivity index is 1.40. The van der Waals surface area contributed by atoms with Gasteiger partial charge >= 0.3 is 0 Å². The van der Waals surface area contributed by atoms with Crippen LogP contribution in [0.2, 0.25) is 0 Å². The fourth-order valence-corrected chi connectivity index (χ4v) is 3.42. The van der Waals surface area contributed by atoms with Crippen LogP contribution in [0.5, 0.6) is 5.75 Å². The molecule has 0 aliphatic rings. The number of hydrogen-bond acceptors (Lipinski definition) is 3. The lowest BCUT2D eigenvalue weighted by atomic mass is 10.1. The first-order chi connectivity index (χ1) is 16.8. The molecule has 1 N–H and O–H groups in total. The number of benzene rings is 3. The zero-order valence-corrected chi connectivity index (χ0v) is 18.7. The van der Waals surface area contributed by atoms with Crippen molar-refractivity contribution in [3.05, 3.63) is 112 Å². The summed E-state index contributed by atoms with van der Waals surface area (Å²) in [6.45, 7) is 1.78. The molecule has 5 nitrogen and oxygen atoms in total. The number of carbonyl (C=O) groups is 1. The molecule has 0 spiro atoms. The average molecular weight is 483 g/mol. The van der Waals surface area contributed by atoms with Crippen LogP contribution in [-0.2, 0) is 19.6 Å². The highest BCUT2D eigenvalue weighted by Gasteiger charge is 2.20. The van der Waals surface area contributed by atoms with Gasteiger partial charge in [-0.25, -0.2) is 17.6 Å². The van der Waals surface area contributed by atoms with Crippen LogP contribution >= 0.6 is 0 Å². The predicted octanol–water partition coefficient (Wildman–Crippen LogP) is 5.88. The lowest BCUT2D eigenvalue weighted by molar-refractivity contribution is 0.102. The van der Waals surface area contributed by atoms with E-state index in [4.69, 9.17) is 4.74 Å². The lowest BCUT2D eigenvalue weighted by Gasteiger charge is -2.09. The molecule has 1 amide bonds. The van der Waals surface area contributed by atoms with Gasteiger partial charge in [0, 0.05) is 23.9 Å². The van der Waals surface area contributed by atoms with Crippen LogP contribution in [0, 0.1) is 23.3 Å². The molecule has 0 fully saturated rings. The summed E-state index contributed by atoms with van der Waals surface area (Å²) in [5, 5.41) is 6.59. The quantitative estimate of drug-likeness (QED) is 0.252. The highest BCUT2D eigenvalue weighted by Crippen LogP contribution is 2.21. The summed E-state index contributed by atoms with van der Waals surface area (Å²) < 4.78 is 61.5. The van der Waals surface area contributed by atoms with Crippen molar-refractivity contribution in [2.45, 2.75) is 26.5 Å².